The molecule has 5 nitrogen and oxygen atoms in total. The Morgan fingerprint density at radius 3 is 3.04 bits per heavy atom. The van der Waals surface area contributed by atoms with Crippen molar-refractivity contribution < 1.29 is 9.53 Å². The summed E-state index contributed by atoms with van der Waals surface area (Å²) in [6.07, 6.45) is 7.36. The minimum atomic E-state index is -0.105. The van der Waals surface area contributed by atoms with Crippen LogP contribution in [0.15, 0.2) is 36.7 Å². The summed E-state index contributed by atoms with van der Waals surface area (Å²) in [7, 11) is 0. The highest BCUT2D eigenvalue weighted by Gasteiger charge is 2.15. The van der Waals surface area contributed by atoms with E-state index in [0.717, 1.165) is 31.6 Å². The highest BCUT2D eigenvalue weighted by Crippen LogP contribution is 2.17. The van der Waals surface area contributed by atoms with E-state index in [1.165, 1.54) is 6.42 Å². The molecule has 1 aromatic carbocycles. The van der Waals surface area contributed by atoms with E-state index in [9.17, 15) is 4.79 Å². The topological polar surface area (TPSA) is 56.2 Å². The summed E-state index contributed by atoms with van der Waals surface area (Å²) in [5.41, 5.74) is 1.51. The highest BCUT2D eigenvalue weighted by atomic mass is 35.5. The van der Waals surface area contributed by atoms with E-state index >= 15 is 0 Å². The lowest BCUT2D eigenvalue weighted by molar-refractivity contribution is -0.115. The molecule has 0 bridgehead atoms. The van der Waals surface area contributed by atoms with E-state index in [0.29, 0.717) is 10.7 Å². The predicted molar refractivity (Wildman–Crippen MR) is 89.6 cm³/mol. The first-order valence-electron chi connectivity index (χ1n) is 7.88. The molecule has 0 spiro atoms. The van der Waals surface area contributed by atoms with Crippen molar-refractivity contribution in [1.29, 1.82) is 0 Å². The molecule has 1 amide bonds. The molecule has 122 valence electrons. The van der Waals surface area contributed by atoms with Crippen LogP contribution < -0.4 is 5.32 Å². The van der Waals surface area contributed by atoms with Crippen LogP contribution >= 0.6 is 11.6 Å². The number of aromatic nitrogens is 2. The summed E-state index contributed by atoms with van der Waals surface area (Å²) in [6, 6.07) is 7.36. The molecule has 1 aliphatic heterocycles. The van der Waals surface area contributed by atoms with Gasteiger partial charge in [0.2, 0.25) is 5.91 Å². The van der Waals surface area contributed by atoms with Crippen LogP contribution in [0.1, 0.15) is 24.8 Å². The van der Waals surface area contributed by atoms with Gasteiger partial charge in [0.05, 0.1) is 31.0 Å². The van der Waals surface area contributed by atoms with Crippen LogP contribution in [0, 0.1) is 0 Å². The summed E-state index contributed by atoms with van der Waals surface area (Å²) < 4.78 is 7.52. The van der Waals surface area contributed by atoms with Gasteiger partial charge in [-0.05, 0) is 30.9 Å². The van der Waals surface area contributed by atoms with Gasteiger partial charge in [-0.2, -0.15) is 5.10 Å². The largest absolute Gasteiger partial charge is 0.376 e. The summed E-state index contributed by atoms with van der Waals surface area (Å²) in [5.74, 6) is -0.105. The SMILES string of the molecule is O=C(Cc1ccccc1Cl)Nc1cnn(C[C@@H]2CCCCO2)c1. The number of hydrogen-bond donors (Lipinski definition) is 1. The number of halogens is 1. The maximum atomic E-state index is 12.1. The molecule has 2 heterocycles. The van der Waals surface area contributed by atoms with Gasteiger partial charge in [0, 0.05) is 17.8 Å². The number of amides is 1. The minimum absolute atomic E-state index is 0.105. The van der Waals surface area contributed by atoms with Crippen molar-refractivity contribution in [2.45, 2.75) is 38.3 Å². The lowest BCUT2D eigenvalue weighted by atomic mass is 10.1. The van der Waals surface area contributed by atoms with Crippen molar-refractivity contribution >= 4 is 23.2 Å². The van der Waals surface area contributed by atoms with Crippen LogP contribution in [0.5, 0.6) is 0 Å². The Kier molecular flexibility index (Phi) is 5.31. The fourth-order valence-corrected chi connectivity index (χ4v) is 2.91. The third kappa shape index (κ3) is 4.56. The number of nitrogens with one attached hydrogen (secondary N) is 1. The average molecular weight is 334 g/mol. The first-order valence-corrected chi connectivity index (χ1v) is 8.26. The fourth-order valence-electron chi connectivity index (χ4n) is 2.71. The van der Waals surface area contributed by atoms with Crippen LogP contribution in [0.2, 0.25) is 5.02 Å². The number of benzene rings is 1. The van der Waals surface area contributed by atoms with Gasteiger partial charge in [0.1, 0.15) is 0 Å². The predicted octanol–water partition coefficient (Wildman–Crippen LogP) is 3.29. The number of rotatable bonds is 5. The number of hydrogen-bond acceptors (Lipinski definition) is 3. The van der Waals surface area contributed by atoms with E-state index < -0.39 is 0 Å². The van der Waals surface area contributed by atoms with Crippen molar-refractivity contribution in [3.05, 3.63) is 47.2 Å². The molecule has 0 unspecified atom stereocenters. The standard InChI is InChI=1S/C17H20ClN3O2/c18-16-7-2-1-5-13(16)9-17(22)20-14-10-19-21(11-14)12-15-6-3-4-8-23-15/h1-2,5,7,10-11,15H,3-4,6,8-9,12H2,(H,20,22)/t15-/m0/s1. The number of ether oxygens (including phenoxy) is 1. The zero-order valence-corrected chi connectivity index (χ0v) is 13.6. The molecule has 1 aliphatic rings. The van der Waals surface area contributed by atoms with E-state index in [2.05, 4.69) is 10.4 Å². The molecule has 0 radical (unpaired) electrons. The van der Waals surface area contributed by atoms with Gasteiger partial charge in [0.25, 0.3) is 0 Å². The maximum absolute atomic E-state index is 12.1. The van der Waals surface area contributed by atoms with Crippen molar-refractivity contribution in [2.75, 3.05) is 11.9 Å². The number of carbonyl (C=O) groups is 1. The molecular formula is C17H20ClN3O2. The molecule has 1 saturated heterocycles. The second-order valence-corrected chi connectivity index (χ2v) is 6.16. The molecule has 1 fully saturated rings. The number of nitrogens with zero attached hydrogens (tertiary/aromatic N) is 2. The van der Waals surface area contributed by atoms with Crippen molar-refractivity contribution in [1.82, 2.24) is 9.78 Å². The van der Waals surface area contributed by atoms with Crippen molar-refractivity contribution in [2.24, 2.45) is 0 Å². The van der Waals surface area contributed by atoms with Crippen molar-refractivity contribution in [3.63, 3.8) is 0 Å². The second kappa shape index (κ2) is 7.62. The Balaban J connectivity index is 1.54. The smallest absolute Gasteiger partial charge is 0.228 e. The fraction of sp³-hybridized carbons (Fsp3) is 0.412. The van der Waals surface area contributed by atoms with Gasteiger partial charge < -0.3 is 10.1 Å². The molecule has 1 atom stereocenters. The van der Waals surface area contributed by atoms with Gasteiger partial charge in [-0.25, -0.2) is 0 Å². The van der Waals surface area contributed by atoms with E-state index in [-0.39, 0.29) is 18.4 Å². The zero-order valence-electron chi connectivity index (χ0n) is 12.9. The number of anilines is 1. The quantitative estimate of drug-likeness (QED) is 0.913. The Morgan fingerprint density at radius 1 is 1.39 bits per heavy atom. The molecule has 6 heteroatoms. The second-order valence-electron chi connectivity index (χ2n) is 5.76. The molecule has 23 heavy (non-hydrogen) atoms. The third-order valence-corrected chi connectivity index (χ3v) is 4.26. The van der Waals surface area contributed by atoms with Crippen LogP contribution in [0.4, 0.5) is 5.69 Å². The minimum Gasteiger partial charge on any atom is -0.376 e. The summed E-state index contributed by atoms with van der Waals surface area (Å²) in [4.78, 5) is 12.1. The van der Waals surface area contributed by atoms with Crippen LogP contribution in [0.25, 0.3) is 0 Å². The van der Waals surface area contributed by atoms with Crippen LogP contribution in [0.3, 0.4) is 0 Å². The van der Waals surface area contributed by atoms with Gasteiger partial charge in [-0.15, -0.1) is 0 Å². The van der Waals surface area contributed by atoms with Gasteiger partial charge >= 0.3 is 0 Å². The third-order valence-electron chi connectivity index (χ3n) is 3.89. The molecule has 2 aromatic rings. The molecular weight excluding hydrogens is 314 g/mol. The molecule has 0 aliphatic carbocycles. The highest BCUT2D eigenvalue weighted by molar-refractivity contribution is 6.31. The lowest BCUT2D eigenvalue weighted by Gasteiger charge is -2.22. The normalized spacial score (nSPS) is 17.9. The average Bonchev–Trinajstić information content (AvgIpc) is 2.97. The van der Waals surface area contributed by atoms with E-state index in [4.69, 9.17) is 16.3 Å². The molecule has 3 rings (SSSR count). The van der Waals surface area contributed by atoms with Gasteiger partial charge in [0.15, 0.2) is 0 Å². The Bertz CT molecular complexity index is 665. The zero-order chi connectivity index (χ0) is 16.1. The number of carbonyl (C=O) groups excluding carboxylic acids is 1. The molecule has 0 saturated carbocycles. The monoisotopic (exact) mass is 333 g/mol. The summed E-state index contributed by atoms with van der Waals surface area (Å²) in [5, 5.41) is 7.74. The van der Waals surface area contributed by atoms with Gasteiger partial charge in [-0.1, -0.05) is 29.8 Å². The summed E-state index contributed by atoms with van der Waals surface area (Å²) >= 11 is 6.07. The lowest BCUT2D eigenvalue weighted by Crippen LogP contribution is -2.24. The Labute approximate surface area is 140 Å². The summed E-state index contributed by atoms with van der Waals surface area (Å²) in [6.45, 7) is 1.55. The van der Waals surface area contributed by atoms with E-state index in [1.807, 2.05) is 29.1 Å². The molecule has 1 aromatic heterocycles. The first-order chi connectivity index (χ1) is 11.2. The maximum Gasteiger partial charge on any atom is 0.228 e. The molecule has 1 N–H and O–H groups in total. The Morgan fingerprint density at radius 2 is 2.26 bits per heavy atom. The van der Waals surface area contributed by atoms with Crippen LogP contribution in [-0.4, -0.2) is 28.4 Å². The van der Waals surface area contributed by atoms with Crippen molar-refractivity contribution in [3.8, 4) is 0 Å². The Hall–Kier alpha value is -1.85. The first kappa shape index (κ1) is 16.0. The van der Waals surface area contributed by atoms with E-state index in [1.54, 1.807) is 12.3 Å². The van der Waals surface area contributed by atoms with Gasteiger partial charge in [-0.3, -0.25) is 9.48 Å². The van der Waals surface area contributed by atoms with Crippen LogP contribution in [-0.2, 0) is 22.5 Å².